The molecule has 9 heavy (non-hydrogen) atoms. The van der Waals surface area contributed by atoms with Crippen molar-refractivity contribution in [1.29, 1.82) is 0 Å². The van der Waals surface area contributed by atoms with Crippen LogP contribution in [0.5, 0.6) is 0 Å². The Morgan fingerprint density at radius 1 is 2.11 bits per heavy atom. The van der Waals surface area contributed by atoms with E-state index in [4.69, 9.17) is 4.11 Å². The summed E-state index contributed by atoms with van der Waals surface area (Å²) >= 11 is 0. The van der Waals surface area contributed by atoms with Gasteiger partial charge in [0.05, 0.1) is 1.37 Å². The molecule has 1 aliphatic carbocycles. The summed E-state index contributed by atoms with van der Waals surface area (Å²) in [7, 11) is 0. The van der Waals surface area contributed by atoms with Crippen molar-refractivity contribution >= 4 is 5.97 Å². The fourth-order valence-electron chi connectivity index (χ4n) is 0.630. The SMILES string of the molecule is [2H]C1=C(OC(C)=O)C([2H])([2H])CC1. The number of carbonyl (C=O) groups excluding carboxylic acids is 1. The highest BCUT2D eigenvalue weighted by Crippen LogP contribution is 2.17. The molecular formula is C7H10O2. The van der Waals surface area contributed by atoms with E-state index in [-0.39, 0.29) is 18.2 Å². The van der Waals surface area contributed by atoms with E-state index in [0.717, 1.165) is 0 Å². The first-order chi connectivity index (χ1) is 5.43. The van der Waals surface area contributed by atoms with E-state index in [0.29, 0.717) is 6.42 Å². The number of allylic oxidation sites excluding steroid dienone is 2. The first-order valence-electron chi connectivity index (χ1n) is 4.32. The minimum atomic E-state index is -1.64. The second-order valence-corrected chi connectivity index (χ2v) is 1.78. The van der Waals surface area contributed by atoms with Gasteiger partial charge in [-0.05, 0) is 18.9 Å². The first kappa shape index (κ1) is 3.40. The Bertz CT molecular complexity index is 245. The number of esters is 1. The van der Waals surface area contributed by atoms with Crippen molar-refractivity contribution in [2.75, 3.05) is 0 Å². The third kappa shape index (κ3) is 1.88. The predicted octanol–water partition coefficient (Wildman–Crippen LogP) is 1.62. The molecule has 0 aliphatic heterocycles. The first-order valence-corrected chi connectivity index (χ1v) is 2.82. The Morgan fingerprint density at radius 2 is 2.89 bits per heavy atom. The average Bonchev–Trinajstić information content (AvgIpc) is 2.15. The van der Waals surface area contributed by atoms with Crippen LogP contribution in [0.15, 0.2) is 11.8 Å². The molecule has 1 rings (SSSR count). The van der Waals surface area contributed by atoms with Crippen molar-refractivity contribution in [1.82, 2.24) is 0 Å². The highest BCUT2D eigenvalue weighted by molar-refractivity contribution is 5.67. The van der Waals surface area contributed by atoms with Gasteiger partial charge in [-0.2, -0.15) is 0 Å². The van der Waals surface area contributed by atoms with Crippen LogP contribution < -0.4 is 0 Å². The Kier molecular flexibility index (Phi) is 1.01. The number of ether oxygens (including phenoxy) is 1. The lowest BCUT2D eigenvalue weighted by molar-refractivity contribution is -0.136. The lowest BCUT2D eigenvalue weighted by atomic mass is 10.4. The molecule has 2 nitrogen and oxygen atoms in total. The van der Waals surface area contributed by atoms with Crippen LogP contribution in [0.4, 0.5) is 0 Å². The molecule has 0 aromatic rings. The predicted molar refractivity (Wildman–Crippen MR) is 33.7 cm³/mol. The molecular weight excluding hydrogens is 116 g/mol. The molecule has 2 heteroatoms. The lowest BCUT2D eigenvalue weighted by Gasteiger charge is -1.98. The van der Waals surface area contributed by atoms with Crippen LogP contribution >= 0.6 is 0 Å². The van der Waals surface area contributed by atoms with Gasteiger partial charge >= 0.3 is 5.97 Å². The van der Waals surface area contributed by atoms with E-state index in [2.05, 4.69) is 4.74 Å². The van der Waals surface area contributed by atoms with Crippen molar-refractivity contribution in [2.24, 2.45) is 0 Å². The van der Waals surface area contributed by atoms with Gasteiger partial charge in [-0.25, -0.2) is 0 Å². The molecule has 0 bridgehead atoms. The van der Waals surface area contributed by atoms with E-state index in [1.165, 1.54) is 6.92 Å². The number of carbonyl (C=O) groups is 1. The van der Waals surface area contributed by atoms with Crippen molar-refractivity contribution in [3.05, 3.63) is 11.8 Å². The molecule has 0 amide bonds. The average molecular weight is 129 g/mol. The van der Waals surface area contributed by atoms with Gasteiger partial charge in [0, 0.05) is 16.0 Å². The Morgan fingerprint density at radius 3 is 3.33 bits per heavy atom. The number of hydrogen-bond donors (Lipinski definition) is 0. The van der Waals surface area contributed by atoms with Crippen molar-refractivity contribution in [3.8, 4) is 0 Å². The molecule has 1 aliphatic rings. The second-order valence-electron chi connectivity index (χ2n) is 1.78. The van der Waals surface area contributed by atoms with Crippen LogP contribution in [0, 0.1) is 0 Å². The lowest BCUT2D eigenvalue weighted by Crippen LogP contribution is -1.95. The molecule has 0 heterocycles. The van der Waals surface area contributed by atoms with Crippen LogP contribution in [0.2, 0.25) is 0 Å². The highest BCUT2D eigenvalue weighted by atomic mass is 16.5. The maximum absolute atomic E-state index is 10.5. The zero-order chi connectivity index (χ0) is 9.35. The molecule has 0 saturated carbocycles. The molecule has 0 fully saturated rings. The van der Waals surface area contributed by atoms with Crippen molar-refractivity contribution in [3.63, 3.8) is 0 Å². The minimum Gasteiger partial charge on any atom is -0.432 e. The monoisotopic (exact) mass is 129 g/mol. The third-order valence-corrected chi connectivity index (χ3v) is 0.942. The quantitative estimate of drug-likeness (QED) is 0.503. The summed E-state index contributed by atoms with van der Waals surface area (Å²) in [5.74, 6) is -0.685. The fraction of sp³-hybridized carbons (Fsp3) is 0.571. The molecule has 0 aromatic heterocycles. The van der Waals surface area contributed by atoms with Crippen molar-refractivity contribution in [2.45, 2.75) is 26.1 Å². The normalized spacial score (nSPS) is 28.8. The van der Waals surface area contributed by atoms with Gasteiger partial charge in [0.2, 0.25) is 0 Å². The van der Waals surface area contributed by atoms with Crippen LogP contribution in [0.25, 0.3) is 0 Å². The standard InChI is InChI=1S/C7H10O2/c1-6(8)9-7-4-2-3-5-7/h4H,2-3,5H2,1H3/i4D,5D2. The molecule has 0 saturated heterocycles. The van der Waals surface area contributed by atoms with E-state index in [9.17, 15) is 4.79 Å². The van der Waals surface area contributed by atoms with Crippen LogP contribution in [0.1, 0.15) is 30.3 Å². The van der Waals surface area contributed by atoms with Crippen LogP contribution in [-0.2, 0) is 9.53 Å². The Balaban J connectivity index is 2.84. The van der Waals surface area contributed by atoms with Gasteiger partial charge in [-0.15, -0.1) is 0 Å². The Labute approximate surface area is 58.7 Å². The summed E-state index contributed by atoms with van der Waals surface area (Å²) in [5, 5.41) is 0. The van der Waals surface area contributed by atoms with Gasteiger partial charge in [0.1, 0.15) is 5.76 Å². The topological polar surface area (TPSA) is 26.3 Å². The van der Waals surface area contributed by atoms with Gasteiger partial charge in [-0.1, -0.05) is 0 Å². The molecule has 0 atom stereocenters. The van der Waals surface area contributed by atoms with Crippen molar-refractivity contribution < 1.29 is 13.6 Å². The van der Waals surface area contributed by atoms with Gasteiger partial charge in [0.15, 0.2) is 0 Å². The molecule has 0 N–H and O–H groups in total. The molecule has 0 spiro atoms. The van der Waals surface area contributed by atoms with Gasteiger partial charge in [0.25, 0.3) is 0 Å². The van der Waals surface area contributed by atoms with E-state index in [1.807, 2.05) is 0 Å². The zero-order valence-electron chi connectivity index (χ0n) is 8.23. The van der Waals surface area contributed by atoms with E-state index >= 15 is 0 Å². The fourth-order valence-corrected chi connectivity index (χ4v) is 0.630. The summed E-state index contributed by atoms with van der Waals surface area (Å²) in [5.41, 5.74) is 0. The largest absolute Gasteiger partial charge is 0.432 e. The Hall–Kier alpha value is -0.790. The van der Waals surface area contributed by atoms with Crippen LogP contribution in [-0.4, -0.2) is 5.97 Å². The summed E-state index contributed by atoms with van der Waals surface area (Å²) in [6.07, 6.45) is -1.06. The second kappa shape index (κ2) is 2.67. The molecule has 50 valence electrons. The summed E-state index contributed by atoms with van der Waals surface area (Å²) < 4.78 is 26.7. The number of rotatable bonds is 1. The number of hydrogen-bond acceptors (Lipinski definition) is 2. The van der Waals surface area contributed by atoms with Gasteiger partial charge < -0.3 is 4.74 Å². The van der Waals surface area contributed by atoms with E-state index < -0.39 is 12.3 Å². The summed E-state index contributed by atoms with van der Waals surface area (Å²) in [6, 6.07) is 0.0928. The maximum atomic E-state index is 10.5. The molecule has 0 aromatic carbocycles. The smallest absolute Gasteiger partial charge is 0.307 e. The summed E-state index contributed by atoms with van der Waals surface area (Å²) in [4.78, 5) is 10.5. The van der Waals surface area contributed by atoms with Crippen LogP contribution in [0.3, 0.4) is 0 Å². The maximum Gasteiger partial charge on any atom is 0.307 e. The molecule has 0 radical (unpaired) electrons. The van der Waals surface area contributed by atoms with E-state index in [1.54, 1.807) is 0 Å². The zero-order valence-corrected chi connectivity index (χ0v) is 5.23. The highest BCUT2D eigenvalue weighted by Gasteiger charge is 2.06. The van der Waals surface area contributed by atoms with Gasteiger partial charge in [-0.3, -0.25) is 4.79 Å². The minimum absolute atomic E-state index is 0.0928. The molecule has 0 unspecified atom stereocenters. The summed E-state index contributed by atoms with van der Waals surface area (Å²) in [6.45, 7) is 1.20. The third-order valence-electron chi connectivity index (χ3n) is 0.942.